The zero-order valence-corrected chi connectivity index (χ0v) is 9.70. The van der Waals surface area contributed by atoms with Crippen molar-refractivity contribution in [1.29, 1.82) is 0 Å². The lowest BCUT2D eigenvalue weighted by Crippen LogP contribution is -2.48. The van der Waals surface area contributed by atoms with E-state index in [1.165, 1.54) is 0 Å². The second-order valence-electron chi connectivity index (χ2n) is 4.21. The van der Waals surface area contributed by atoms with Gasteiger partial charge in [-0.1, -0.05) is 13.3 Å². The summed E-state index contributed by atoms with van der Waals surface area (Å²) >= 11 is 0. The van der Waals surface area contributed by atoms with Gasteiger partial charge in [-0.2, -0.15) is 0 Å². The van der Waals surface area contributed by atoms with E-state index in [1.807, 2.05) is 4.90 Å². The number of hydrogen-bond acceptors (Lipinski definition) is 3. The third-order valence-corrected chi connectivity index (χ3v) is 3.00. The van der Waals surface area contributed by atoms with Crippen LogP contribution in [0.15, 0.2) is 0 Å². The van der Waals surface area contributed by atoms with Gasteiger partial charge in [0.05, 0.1) is 6.61 Å². The minimum atomic E-state index is -0.396. The summed E-state index contributed by atoms with van der Waals surface area (Å²) in [5.41, 5.74) is 0. The monoisotopic (exact) mass is 214 g/mol. The van der Waals surface area contributed by atoms with E-state index in [9.17, 15) is 4.79 Å². The molecule has 1 amide bonds. The maximum absolute atomic E-state index is 12.0. The van der Waals surface area contributed by atoms with Crippen LogP contribution in [0.4, 0.5) is 0 Å². The Morgan fingerprint density at radius 1 is 1.60 bits per heavy atom. The highest BCUT2D eigenvalue weighted by Gasteiger charge is 2.29. The number of aliphatic hydroxyl groups is 1. The molecule has 0 spiro atoms. The fraction of sp³-hybridized carbons (Fsp3) is 0.909. The van der Waals surface area contributed by atoms with Crippen molar-refractivity contribution in [3.63, 3.8) is 0 Å². The molecule has 1 rings (SSSR count). The minimum Gasteiger partial charge on any atom is -0.394 e. The van der Waals surface area contributed by atoms with Crippen molar-refractivity contribution in [2.24, 2.45) is 0 Å². The summed E-state index contributed by atoms with van der Waals surface area (Å²) < 4.78 is 0. The quantitative estimate of drug-likeness (QED) is 0.710. The van der Waals surface area contributed by atoms with Gasteiger partial charge in [-0.15, -0.1) is 0 Å². The largest absolute Gasteiger partial charge is 0.394 e. The maximum Gasteiger partial charge on any atom is 0.242 e. The van der Waals surface area contributed by atoms with Crippen LogP contribution in [0, 0.1) is 0 Å². The molecule has 4 heteroatoms. The Kier molecular flexibility index (Phi) is 5.05. The Bertz CT molecular complexity index is 209. The fourth-order valence-electron chi connectivity index (χ4n) is 1.93. The molecule has 0 radical (unpaired) electrons. The lowest BCUT2D eigenvalue weighted by atomic mass is 10.2. The fourth-order valence-corrected chi connectivity index (χ4v) is 1.93. The summed E-state index contributed by atoms with van der Waals surface area (Å²) in [5.74, 6) is 0.0518. The predicted octanol–water partition coefficient (Wildman–Crippen LogP) is 0.358. The number of amides is 1. The third kappa shape index (κ3) is 3.18. The molecule has 0 saturated carbocycles. The predicted molar refractivity (Wildman–Crippen MR) is 59.6 cm³/mol. The molecule has 1 saturated heterocycles. The number of carbonyl (C=O) groups excluding carboxylic acids is 1. The Hall–Kier alpha value is -0.610. The Balaban J connectivity index is 2.64. The van der Waals surface area contributed by atoms with Crippen LogP contribution in [0.3, 0.4) is 0 Å². The summed E-state index contributed by atoms with van der Waals surface area (Å²) in [7, 11) is 0. The Morgan fingerprint density at radius 2 is 2.33 bits per heavy atom. The van der Waals surface area contributed by atoms with Gasteiger partial charge >= 0.3 is 0 Å². The van der Waals surface area contributed by atoms with Crippen molar-refractivity contribution < 1.29 is 9.90 Å². The van der Waals surface area contributed by atoms with Crippen molar-refractivity contribution in [3.05, 3.63) is 0 Å². The summed E-state index contributed by atoms with van der Waals surface area (Å²) in [6.45, 7) is 5.72. The molecule has 0 aromatic rings. The van der Waals surface area contributed by atoms with Crippen LogP contribution in [-0.2, 0) is 4.79 Å². The average molecular weight is 214 g/mol. The van der Waals surface area contributed by atoms with Crippen LogP contribution in [0.25, 0.3) is 0 Å². The van der Waals surface area contributed by atoms with Crippen LogP contribution >= 0.6 is 0 Å². The van der Waals surface area contributed by atoms with Crippen molar-refractivity contribution in [3.8, 4) is 0 Å². The summed E-state index contributed by atoms with van der Waals surface area (Å²) in [6.07, 6.45) is 3.09. The molecule has 1 fully saturated rings. The normalized spacial score (nSPS) is 27.9. The number of nitrogens with one attached hydrogen (secondary N) is 1. The molecule has 1 aliphatic rings. The maximum atomic E-state index is 12.0. The smallest absolute Gasteiger partial charge is 0.242 e. The SMILES string of the molecule is CCCCN1C(=O)C(CO)NCCC1C. The van der Waals surface area contributed by atoms with E-state index in [0.717, 1.165) is 32.4 Å². The van der Waals surface area contributed by atoms with E-state index in [1.54, 1.807) is 0 Å². The summed E-state index contributed by atoms with van der Waals surface area (Å²) in [5, 5.41) is 12.2. The van der Waals surface area contributed by atoms with Crippen LogP contribution in [0.2, 0.25) is 0 Å². The molecule has 0 aliphatic carbocycles. The van der Waals surface area contributed by atoms with Crippen LogP contribution in [0.5, 0.6) is 0 Å². The second kappa shape index (κ2) is 6.08. The first-order valence-corrected chi connectivity index (χ1v) is 5.85. The van der Waals surface area contributed by atoms with E-state index in [-0.39, 0.29) is 18.6 Å². The van der Waals surface area contributed by atoms with Gasteiger partial charge in [-0.3, -0.25) is 4.79 Å². The molecule has 0 bridgehead atoms. The van der Waals surface area contributed by atoms with Gasteiger partial charge < -0.3 is 15.3 Å². The van der Waals surface area contributed by atoms with E-state index < -0.39 is 6.04 Å². The lowest BCUT2D eigenvalue weighted by Gasteiger charge is -2.28. The lowest BCUT2D eigenvalue weighted by molar-refractivity contribution is -0.135. The molecule has 4 nitrogen and oxygen atoms in total. The van der Waals surface area contributed by atoms with Gasteiger partial charge in [0.15, 0.2) is 0 Å². The highest BCUT2D eigenvalue weighted by Crippen LogP contribution is 2.11. The van der Waals surface area contributed by atoms with Crippen molar-refractivity contribution in [1.82, 2.24) is 10.2 Å². The molecule has 0 aromatic carbocycles. The van der Waals surface area contributed by atoms with Gasteiger partial charge in [0.1, 0.15) is 6.04 Å². The van der Waals surface area contributed by atoms with E-state index in [0.29, 0.717) is 0 Å². The molecule has 1 heterocycles. The zero-order chi connectivity index (χ0) is 11.3. The molecule has 15 heavy (non-hydrogen) atoms. The number of rotatable bonds is 4. The van der Waals surface area contributed by atoms with Gasteiger partial charge in [0.2, 0.25) is 5.91 Å². The van der Waals surface area contributed by atoms with Gasteiger partial charge in [0, 0.05) is 12.6 Å². The molecule has 1 aliphatic heterocycles. The number of hydrogen-bond donors (Lipinski definition) is 2. The average Bonchev–Trinajstić information content (AvgIpc) is 2.36. The van der Waals surface area contributed by atoms with E-state index >= 15 is 0 Å². The number of unbranched alkanes of at least 4 members (excludes halogenated alkanes) is 1. The first-order valence-electron chi connectivity index (χ1n) is 5.85. The molecule has 2 N–H and O–H groups in total. The highest BCUT2D eigenvalue weighted by atomic mass is 16.3. The molecular formula is C11H22N2O2. The van der Waals surface area contributed by atoms with Crippen LogP contribution in [-0.4, -0.2) is 47.7 Å². The highest BCUT2D eigenvalue weighted by molar-refractivity contribution is 5.82. The number of carbonyl (C=O) groups is 1. The third-order valence-electron chi connectivity index (χ3n) is 3.00. The van der Waals surface area contributed by atoms with Gasteiger partial charge in [0.25, 0.3) is 0 Å². The van der Waals surface area contributed by atoms with Gasteiger partial charge in [-0.05, 0) is 26.3 Å². The summed E-state index contributed by atoms with van der Waals surface area (Å²) in [6, 6.07) is -0.111. The Labute approximate surface area is 91.6 Å². The molecule has 88 valence electrons. The molecular weight excluding hydrogens is 192 g/mol. The molecule has 2 unspecified atom stereocenters. The first kappa shape index (κ1) is 12.5. The van der Waals surface area contributed by atoms with Crippen LogP contribution in [0.1, 0.15) is 33.1 Å². The Morgan fingerprint density at radius 3 is 2.93 bits per heavy atom. The summed E-state index contributed by atoms with van der Waals surface area (Å²) in [4.78, 5) is 13.9. The standard InChI is InChI=1S/C11H22N2O2/c1-3-4-7-13-9(2)5-6-12-10(8-14)11(13)15/h9-10,12,14H,3-8H2,1-2H3. The van der Waals surface area contributed by atoms with E-state index in [2.05, 4.69) is 19.2 Å². The molecule has 2 atom stereocenters. The van der Waals surface area contributed by atoms with Crippen molar-refractivity contribution >= 4 is 5.91 Å². The first-order chi connectivity index (χ1) is 7.20. The molecule has 0 aromatic heterocycles. The second-order valence-corrected chi connectivity index (χ2v) is 4.21. The van der Waals surface area contributed by atoms with Crippen molar-refractivity contribution in [2.75, 3.05) is 19.7 Å². The number of nitrogens with zero attached hydrogens (tertiary/aromatic N) is 1. The van der Waals surface area contributed by atoms with Crippen molar-refractivity contribution in [2.45, 2.75) is 45.2 Å². The minimum absolute atomic E-state index is 0.0518. The van der Waals surface area contributed by atoms with E-state index in [4.69, 9.17) is 5.11 Å². The van der Waals surface area contributed by atoms with Gasteiger partial charge in [-0.25, -0.2) is 0 Å². The zero-order valence-electron chi connectivity index (χ0n) is 9.70. The topological polar surface area (TPSA) is 52.6 Å². The number of aliphatic hydroxyl groups excluding tert-OH is 1. The van der Waals surface area contributed by atoms with Crippen LogP contribution < -0.4 is 5.32 Å².